The van der Waals surface area contributed by atoms with E-state index in [2.05, 4.69) is 11.6 Å². The van der Waals surface area contributed by atoms with Crippen LogP contribution in [0.4, 0.5) is 0 Å². The highest BCUT2D eigenvalue weighted by atomic mass is 35.5. The first-order valence-corrected chi connectivity index (χ1v) is 9.98. The lowest BCUT2D eigenvalue weighted by Gasteiger charge is -2.04. The number of benzene rings is 2. The molecular weight excluding hydrogens is 403 g/mol. The first kappa shape index (κ1) is 19.7. The fraction of sp³-hybridized carbons (Fsp3) is 0.200. The Hall–Kier alpha value is -2.08. The van der Waals surface area contributed by atoms with E-state index in [0.29, 0.717) is 28.0 Å². The predicted octanol–water partition coefficient (Wildman–Crippen LogP) is 5.26. The highest BCUT2D eigenvalue weighted by Gasteiger charge is 2.13. The van der Waals surface area contributed by atoms with Gasteiger partial charge < -0.3 is 9.30 Å². The number of thiazole rings is 1. The molecule has 2 aromatic carbocycles. The van der Waals surface area contributed by atoms with Crippen LogP contribution in [0.3, 0.4) is 0 Å². The van der Waals surface area contributed by atoms with Gasteiger partial charge in [0.2, 0.25) is 0 Å². The molecule has 3 aromatic rings. The molecule has 0 fully saturated rings. The molecule has 0 saturated heterocycles. The van der Waals surface area contributed by atoms with E-state index in [0.717, 1.165) is 21.5 Å². The topological polar surface area (TPSA) is 43.6 Å². The van der Waals surface area contributed by atoms with Crippen molar-refractivity contribution in [1.29, 1.82) is 0 Å². The predicted molar refractivity (Wildman–Crippen MR) is 112 cm³/mol. The van der Waals surface area contributed by atoms with Gasteiger partial charge in [-0.1, -0.05) is 52.7 Å². The molecule has 0 spiro atoms. The average molecular weight is 421 g/mol. The summed E-state index contributed by atoms with van der Waals surface area (Å²) in [5.41, 5.74) is 1.64. The fourth-order valence-electron chi connectivity index (χ4n) is 2.69. The molecule has 0 N–H and O–H groups in total. The Bertz CT molecular complexity index is 1050. The van der Waals surface area contributed by atoms with Crippen LogP contribution in [0.25, 0.3) is 10.2 Å². The van der Waals surface area contributed by atoms with Crippen LogP contribution in [0.1, 0.15) is 12.5 Å². The monoisotopic (exact) mass is 420 g/mol. The second kappa shape index (κ2) is 8.74. The van der Waals surface area contributed by atoms with Crippen LogP contribution < -0.4 is 9.54 Å². The minimum Gasteiger partial charge on any atom is -0.494 e. The standard InChI is InChI=1S/C20H18Cl2N2O2S/c1-3-11-24-18-15(21)9-10-16(22)19(18)27-20(24)23-17(25)12-13-5-7-14(8-6-13)26-4-2/h3,5-10H,1,4,11-12H2,2H3. The minimum atomic E-state index is -0.240. The lowest BCUT2D eigenvalue weighted by molar-refractivity contribution is -0.117. The third kappa shape index (κ3) is 4.43. The maximum absolute atomic E-state index is 12.5. The number of aromatic nitrogens is 1. The van der Waals surface area contributed by atoms with Gasteiger partial charge in [0, 0.05) is 6.54 Å². The van der Waals surface area contributed by atoms with E-state index < -0.39 is 0 Å². The molecule has 3 rings (SSSR count). The van der Waals surface area contributed by atoms with Crippen molar-refractivity contribution in [3.8, 4) is 5.75 Å². The summed E-state index contributed by atoms with van der Waals surface area (Å²) in [7, 11) is 0. The molecule has 27 heavy (non-hydrogen) atoms. The van der Waals surface area contributed by atoms with Crippen LogP contribution in [0.2, 0.25) is 10.0 Å². The molecule has 0 radical (unpaired) electrons. The van der Waals surface area contributed by atoms with Crippen LogP contribution >= 0.6 is 34.5 Å². The number of carbonyl (C=O) groups is 1. The van der Waals surface area contributed by atoms with Gasteiger partial charge in [0.05, 0.1) is 33.3 Å². The van der Waals surface area contributed by atoms with Crippen molar-refractivity contribution in [3.63, 3.8) is 0 Å². The number of carbonyl (C=O) groups excluding carboxylic acids is 1. The fourth-order valence-corrected chi connectivity index (χ4v) is 4.36. The third-order valence-electron chi connectivity index (χ3n) is 3.85. The molecule has 0 aliphatic carbocycles. The summed E-state index contributed by atoms with van der Waals surface area (Å²) >= 11 is 14.0. The van der Waals surface area contributed by atoms with Crippen molar-refractivity contribution < 1.29 is 9.53 Å². The van der Waals surface area contributed by atoms with Gasteiger partial charge in [-0.15, -0.1) is 6.58 Å². The van der Waals surface area contributed by atoms with Crippen LogP contribution in [0.15, 0.2) is 54.0 Å². The molecule has 0 aliphatic rings. The number of amides is 1. The first-order valence-electron chi connectivity index (χ1n) is 8.41. The first-order chi connectivity index (χ1) is 13.0. The smallest absolute Gasteiger partial charge is 0.252 e. The van der Waals surface area contributed by atoms with E-state index in [9.17, 15) is 4.79 Å². The van der Waals surface area contributed by atoms with Crippen LogP contribution in [-0.4, -0.2) is 17.1 Å². The van der Waals surface area contributed by atoms with E-state index in [1.54, 1.807) is 18.2 Å². The molecule has 0 atom stereocenters. The zero-order valence-corrected chi connectivity index (χ0v) is 17.1. The molecule has 7 heteroatoms. The Morgan fingerprint density at radius 3 is 2.59 bits per heavy atom. The van der Waals surface area contributed by atoms with Crippen LogP contribution in [0.5, 0.6) is 5.75 Å². The SMILES string of the molecule is C=CCn1c(=NC(=O)Cc2ccc(OCC)cc2)sc2c(Cl)ccc(Cl)c21. The maximum Gasteiger partial charge on any atom is 0.252 e. The molecule has 0 bridgehead atoms. The van der Waals surface area contributed by atoms with Crippen molar-refractivity contribution in [3.05, 3.63) is 69.5 Å². The highest BCUT2D eigenvalue weighted by Crippen LogP contribution is 2.31. The normalized spacial score (nSPS) is 11.7. The summed E-state index contributed by atoms with van der Waals surface area (Å²) in [4.78, 5) is 17.3. The summed E-state index contributed by atoms with van der Waals surface area (Å²) < 4.78 is 8.08. The number of halogens is 2. The molecule has 0 saturated carbocycles. The second-order valence-corrected chi connectivity index (χ2v) is 7.54. The number of hydrogen-bond acceptors (Lipinski definition) is 3. The van der Waals surface area contributed by atoms with Gasteiger partial charge in [-0.25, -0.2) is 0 Å². The lowest BCUT2D eigenvalue weighted by atomic mass is 10.1. The van der Waals surface area contributed by atoms with Crippen LogP contribution in [0, 0.1) is 0 Å². The summed E-state index contributed by atoms with van der Waals surface area (Å²) in [6.07, 6.45) is 1.94. The van der Waals surface area contributed by atoms with Crippen molar-refractivity contribution in [2.24, 2.45) is 4.99 Å². The van der Waals surface area contributed by atoms with E-state index in [1.165, 1.54) is 11.3 Å². The van der Waals surface area contributed by atoms with Crippen molar-refractivity contribution in [1.82, 2.24) is 4.57 Å². The molecule has 1 aromatic heterocycles. The number of allylic oxidation sites excluding steroid dienone is 1. The van der Waals surface area contributed by atoms with Crippen LogP contribution in [-0.2, 0) is 17.8 Å². The Kier molecular flexibility index (Phi) is 6.37. The van der Waals surface area contributed by atoms with Gasteiger partial charge >= 0.3 is 0 Å². The van der Waals surface area contributed by atoms with Crippen molar-refractivity contribution >= 4 is 50.7 Å². The van der Waals surface area contributed by atoms with Gasteiger partial charge in [-0.2, -0.15) is 4.99 Å². The molecule has 4 nitrogen and oxygen atoms in total. The number of nitrogens with zero attached hydrogens (tertiary/aromatic N) is 2. The Morgan fingerprint density at radius 2 is 1.93 bits per heavy atom. The Labute approximate surface area is 171 Å². The summed E-state index contributed by atoms with van der Waals surface area (Å²) in [6.45, 7) is 6.79. The van der Waals surface area contributed by atoms with Crippen molar-refractivity contribution in [2.45, 2.75) is 19.9 Å². The minimum absolute atomic E-state index is 0.205. The number of rotatable bonds is 6. The van der Waals surface area contributed by atoms with E-state index >= 15 is 0 Å². The summed E-state index contributed by atoms with van der Waals surface area (Å²) in [5, 5.41) is 1.14. The number of ether oxygens (including phenoxy) is 1. The van der Waals surface area contributed by atoms with Gasteiger partial charge in [0.1, 0.15) is 5.75 Å². The molecule has 140 valence electrons. The third-order valence-corrected chi connectivity index (χ3v) is 5.69. The number of hydrogen-bond donors (Lipinski definition) is 0. The second-order valence-electron chi connectivity index (χ2n) is 5.75. The molecule has 1 heterocycles. The van der Waals surface area contributed by atoms with E-state index in [-0.39, 0.29) is 12.3 Å². The molecule has 0 aliphatic heterocycles. The Balaban J connectivity index is 1.95. The maximum atomic E-state index is 12.5. The van der Waals surface area contributed by atoms with Gasteiger partial charge in [0.15, 0.2) is 4.80 Å². The van der Waals surface area contributed by atoms with Crippen molar-refractivity contribution in [2.75, 3.05) is 6.61 Å². The summed E-state index contributed by atoms with van der Waals surface area (Å²) in [5.74, 6) is 0.541. The average Bonchev–Trinajstić information content (AvgIpc) is 3.00. The van der Waals surface area contributed by atoms with Gasteiger partial charge in [0.25, 0.3) is 5.91 Å². The zero-order chi connectivity index (χ0) is 19.4. The molecular formula is C20H18Cl2N2O2S. The quantitative estimate of drug-likeness (QED) is 0.510. The molecule has 0 unspecified atom stereocenters. The van der Waals surface area contributed by atoms with E-state index in [4.69, 9.17) is 27.9 Å². The lowest BCUT2D eigenvalue weighted by Crippen LogP contribution is -2.17. The molecule has 1 amide bonds. The highest BCUT2D eigenvalue weighted by molar-refractivity contribution is 7.17. The largest absolute Gasteiger partial charge is 0.494 e. The van der Waals surface area contributed by atoms with Gasteiger partial charge in [-0.3, -0.25) is 4.79 Å². The number of fused-ring (bicyclic) bond motifs is 1. The zero-order valence-electron chi connectivity index (χ0n) is 14.7. The Morgan fingerprint density at radius 1 is 1.22 bits per heavy atom. The summed E-state index contributed by atoms with van der Waals surface area (Å²) in [6, 6.07) is 10.9. The van der Waals surface area contributed by atoms with E-state index in [1.807, 2.05) is 35.8 Å². The van der Waals surface area contributed by atoms with Gasteiger partial charge in [-0.05, 0) is 36.8 Å².